The van der Waals surface area contributed by atoms with Crippen LogP contribution in [0.3, 0.4) is 0 Å². The minimum atomic E-state index is -0.386. The summed E-state index contributed by atoms with van der Waals surface area (Å²) < 4.78 is 7.05. The maximum atomic E-state index is 12.5. The van der Waals surface area contributed by atoms with Crippen molar-refractivity contribution in [3.8, 4) is 11.1 Å². The van der Waals surface area contributed by atoms with Crippen molar-refractivity contribution in [2.45, 2.75) is 27.3 Å². The highest BCUT2D eigenvalue weighted by atomic mass is 35.5. The summed E-state index contributed by atoms with van der Waals surface area (Å²) in [5, 5.41) is 5.80. The van der Waals surface area contributed by atoms with Crippen LogP contribution in [-0.4, -0.2) is 27.3 Å². The Labute approximate surface area is 145 Å². The Hall–Kier alpha value is -2.40. The molecule has 1 aromatic carbocycles. The lowest BCUT2D eigenvalue weighted by molar-refractivity contribution is 0.0526. The molecular weight excluding hydrogens is 326 g/mol. The Bertz CT molecular complexity index is 918. The fourth-order valence-electron chi connectivity index (χ4n) is 2.83. The normalized spacial score (nSPS) is 11.0. The van der Waals surface area contributed by atoms with Crippen LogP contribution in [0.5, 0.6) is 0 Å². The number of fused-ring (bicyclic) bond motifs is 1. The fourth-order valence-corrected chi connectivity index (χ4v) is 3.02. The summed E-state index contributed by atoms with van der Waals surface area (Å²) in [5.74, 6) is -0.386. The first-order valence-electron chi connectivity index (χ1n) is 7.86. The van der Waals surface area contributed by atoms with Crippen molar-refractivity contribution >= 4 is 28.6 Å². The van der Waals surface area contributed by atoms with Crippen molar-refractivity contribution in [3.05, 3.63) is 46.7 Å². The monoisotopic (exact) mass is 343 g/mol. The van der Waals surface area contributed by atoms with Gasteiger partial charge in [-0.2, -0.15) is 5.10 Å². The standard InChI is InChI=1S/C18H18ClN3O2/c1-4-22-17-14(10-20-22)16(12-7-6-8-13(19)9-12)15(11(3)21-17)18(23)24-5-2/h6-10H,4-5H2,1-3H3. The van der Waals surface area contributed by atoms with Crippen LogP contribution in [-0.2, 0) is 11.3 Å². The van der Waals surface area contributed by atoms with E-state index in [-0.39, 0.29) is 5.97 Å². The summed E-state index contributed by atoms with van der Waals surface area (Å²) in [4.78, 5) is 17.1. The second-order valence-electron chi connectivity index (χ2n) is 5.38. The Morgan fingerprint density at radius 3 is 2.79 bits per heavy atom. The lowest BCUT2D eigenvalue weighted by Gasteiger charge is -2.13. The number of nitrogens with zero attached hydrogens (tertiary/aromatic N) is 3. The molecule has 0 aliphatic carbocycles. The van der Waals surface area contributed by atoms with E-state index < -0.39 is 0 Å². The van der Waals surface area contributed by atoms with Gasteiger partial charge in [0.15, 0.2) is 5.65 Å². The lowest BCUT2D eigenvalue weighted by atomic mass is 9.96. The van der Waals surface area contributed by atoms with Crippen LogP contribution < -0.4 is 0 Å². The van der Waals surface area contributed by atoms with Crippen molar-refractivity contribution in [3.63, 3.8) is 0 Å². The molecule has 0 amide bonds. The smallest absolute Gasteiger partial charge is 0.340 e. The van der Waals surface area contributed by atoms with E-state index in [2.05, 4.69) is 10.1 Å². The number of carbonyl (C=O) groups excluding carboxylic acids is 1. The highest BCUT2D eigenvalue weighted by Crippen LogP contribution is 2.34. The van der Waals surface area contributed by atoms with E-state index in [9.17, 15) is 4.79 Å². The Kier molecular flexibility index (Phi) is 4.53. The second-order valence-corrected chi connectivity index (χ2v) is 5.81. The molecule has 6 heteroatoms. The van der Waals surface area contributed by atoms with E-state index >= 15 is 0 Å². The van der Waals surface area contributed by atoms with Crippen molar-refractivity contribution in [2.75, 3.05) is 6.61 Å². The molecule has 0 fully saturated rings. The Morgan fingerprint density at radius 1 is 1.33 bits per heavy atom. The predicted molar refractivity (Wildman–Crippen MR) is 94.3 cm³/mol. The number of esters is 1. The van der Waals surface area contributed by atoms with Crippen LogP contribution in [0.1, 0.15) is 29.9 Å². The van der Waals surface area contributed by atoms with E-state index in [4.69, 9.17) is 16.3 Å². The maximum absolute atomic E-state index is 12.5. The lowest BCUT2D eigenvalue weighted by Crippen LogP contribution is -2.11. The van der Waals surface area contributed by atoms with Gasteiger partial charge in [0, 0.05) is 22.5 Å². The van der Waals surface area contributed by atoms with Gasteiger partial charge < -0.3 is 4.74 Å². The van der Waals surface area contributed by atoms with Gasteiger partial charge in [-0.3, -0.25) is 0 Å². The molecule has 0 saturated heterocycles. The molecule has 0 aliphatic rings. The third kappa shape index (κ3) is 2.76. The molecule has 2 aromatic heterocycles. The fraction of sp³-hybridized carbons (Fsp3) is 0.278. The zero-order chi connectivity index (χ0) is 17.3. The van der Waals surface area contributed by atoms with Gasteiger partial charge in [0.05, 0.1) is 24.1 Å². The average molecular weight is 344 g/mol. The molecule has 24 heavy (non-hydrogen) atoms. The number of benzene rings is 1. The predicted octanol–water partition coefficient (Wildman–Crippen LogP) is 4.26. The van der Waals surface area contributed by atoms with Crippen LogP contribution in [0.25, 0.3) is 22.2 Å². The third-order valence-corrected chi connectivity index (χ3v) is 4.09. The van der Waals surface area contributed by atoms with Gasteiger partial charge in [-0.05, 0) is 38.5 Å². The van der Waals surface area contributed by atoms with Gasteiger partial charge in [0.2, 0.25) is 0 Å². The molecule has 0 bridgehead atoms. The maximum Gasteiger partial charge on any atom is 0.340 e. The number of ether oxygens (including phenoxy) is 1. The van der Waals surface area contributed by atoms with Crippen LogP contribution in [0.15, 0.2) is 30.5 Å². The summed E-state index contributed by atoms with van der Waals surface area (Å²) >= 11 is 6.16. The first-order chi connectivity index (χ1) is 11.6. The van der Waals surface area contributed by atoms with Gasteiger partial charge in [-0.15, -0.1) is 0 Å². The van der Waals surface area contributed by atoms with Crippen LogP contribution in [0.4, 0.5) is 0 Å². The summed E-state index contributed by atoms with van der Waals surface area (Å²) in [7, 11) is 0. The van der Waals surface area contributed by atoms with Gasteiger partial charge in [-0.25, -0.2) is 14.5 Å². The molecule has 5 nitrogen and oxygen atoms in total. The van der Waals surface area contributed by atoms with E-state index in [1.165, 1.54) is 0 Å². The number of aryl methyl sites for hydroxylation is 2. The molecule has 3 aromatic rings. The summed E-state index contributed by atoms with van der Waals surface area (Å²) in [6.07, 6.45) is 1.74. The molecule has 2 heterocycles. The van der Waals surface area contributed by atoms with Crippen molar-refractivity contribution < 1.29 is 9.53 Å². The van der Waals surface area contributed by atoms with Crippen LogP contribution in [0, 0.1) is 6.92 Å². The Balaban J connectivity index is 2.39. The number of aromatic nitrogens is 3. The van der Waals surface area contributed by atoms with Gasteiger partial charge in [-0.1, -0.05) is 23.7 Å². The zero-order valence-electron chi connectivity index (χ0n) is 13.8. The third-order valence-electron chi connectivity index (χ3n) is 3.86. The van der Waals surface area contributed by atoms with Gasteiger partial charge in [0.1, 0.15) is 0 Å². The largest absolute Gasteiger partial charge is 0.462 e. The number of hydrogen-bond acceptors (Lipinski definition) is 4. The van der Waals surface area contributed by atoms with Crippen LogP contribution >= 0.6 is 11.6 Å². The summed E-state index contributed by atoms with van der Waals surface area (Å²) in [6, 6.07) is 7.42. The molecule has 0 saturated carbocycles. The van der Waals surface area contributed by atoms with Gasteiger partial charge in [0.25, 0.3) is 0 Å². The van der Waals surface area contributed by atoms with E-state index in [0.717, 1.165) is 22.2 Å². The highest BCUT2D eigenvalue weighted by molar-refractivity contribution is 6.31. The number of halogens is 1. The van der Waals surface area contributed by atoms with E-state index in [1.807, 2.05) is 36.7 Å². The molecule has 0 spiro atoms. The molecule has 0 aliphatic heterocycles. The zero-order valence-corrected chi connectivity index (χ0v) is 14.6. The average Bonchev–Trinajstić information content (AvgIpc) is 2.96. The van der Waals surface area contributed by atoms with Crippen molar-refractivity contribution in [1.29, 1.82) is 0 Å². The molecule has 0 unspecified atom stereocenters. The van der Waals surface area contributed by atoms with E-state index in [0.29, 0.717) is 29.4 Å². The molecule has 124 valence electrons. The first kappa shape index (κ1) is 16.5. The number of carbonyl (C=O) groups is 1. The summed E-state index contributed by atoms with van der Waals surface area (Å²) in [5.41, 5.74) is 3.43. The van der Waals surface area contributed by atoms with Crippen molar-refractivity contribution in [2.24, 2.45) is 0 Å². The molecule has 0 atom stereocenters. The number of pyridine rings is 1. The quantitative estimate of drug-likeness (QED) is 0.664. The van der Waals surface area contributed by atoms with Gasteiger partial charge >= 0.3 is 5.97 Å². The minimum Gasteiger partial charge on any atom is -0.462 e. The topological polar surface area (TPSA) is 57.0 Å². The van der Waals surface area contributed by atoms with Crippen LogP contribution in [0.2, 0.25) is 5.02 Å². The second kappa shape index (κ2) is 6.61. The molecule has 0 radical (unpaired) electrons. The molecule has 3 rings (SSSR count). The summed E-state index contributed by atoms with van der Waals surface area (Å²) in [6.45, 7) is 6.60. The number of hydrogen-bond donors (Lipinski definition) is 0. The number of rotatable bonds is 4. The SMILES string of the molecule is CCOC(=O)c1c(C)nc2c(cnn2CC)c1-c1cccc(Cl)c1. The van der Waals surface area contributed by atoms with Crippen molar-refractivity contribution in [1.82, 2.24) is 14.8 Å². The minimum absolute atomic E-state index is 0.305. The highest BCUT2D eigenvalue weighted by Gasteiger charge is 2.23. The Morgan fingerprint density at radius 2 is 2.12 bits per heavy atom. The first-order valence-corrected chi connectivity index (χ1v) is 8.23. The molecular formula is C18H18ClN3O2. The van der Waals surface area contributed by atoms with E-state index in [1.54, 1.807) is 19.2 Å². The molecule has 0 N–H and O–H groups in total.